The smallest absolute Gasteiger partial charge is 0.309 e. The van der Waals surface area contributed by atoms with E-state index >= 15 is 0 Å². The van der Waals surface area contributed by atoms with E-state index in [1.165, 1.54) is 19.3 Å². The summed E-state index contributed by atoms with van der Waals surface area (Å²) in [6.07, 6.45) is 15.6. The monoisotopic (exact) mass is 428 g/mol. The van der Waals surface area contributed by atoms with E-state index in [0.717, 1.165) is 44.9 Å². The van der Waals surface area contributed by atoms with Crippen molar-refractivity contribution in [2.45, 2.75) is 90.4 Å². The maximum Gasteiger partial charge on any atom is 0.309 e. The molecule has 0 unspecified atom stereocenters. The Morgan fingerprint density at radius 1 is 0.600 bits per heavy atom. The van der Waals surface area contributed by atoms with Gasteiger partial charge in [-0.2, -0.15) is 0 Å². The van der Waals surface area contributed by atoms with E-state index in [9.17, 15) is 14.4 Å². The molecule has 3 N–H and O–H groups in total. The first-order valence-electron chi connectivity index (χ1n) is 11.5. The third-order valence-electron chi connectivity index (χ3n) is 5.54. The highest BCUT2D eigenvalue weighted by molar-refractivity contribution is 5.67. The lowest BCUT2D eigenvalue weighted by Gasteiger charge is -2.38. The average Bonchev–Trinajstić information content (AvgIpc) is 2.69. The second-order valence-electron chi connectivity index (χ2n) is 8.19. The van der Waals surface area contributed by atoms with Crippen molar-refractivity contribution in [2.24, 2.45) is 0 Å². The van der Waals surface area contributed by atoms with Crippen molar-refractivity contribution in [2.75, 3.05) is 26.2 Å². The molecule has 30 heavy (non-hydrogen) atoms. The molecular formula is C23H42NO6+. The van der Waals surface area contributed by atoms with Gasteiger partial charge in [-0.05, 0) is 38.5 Å². The number of rotatable bonds is 21. The zero-order chi connectivity index (χ0) is 22.7. The van der Waals surface area contributed by atoms with Crippen molar-refractivity contribution >= 4 is 17.9 Å². The van der Waals surface area contributed by atoms with Crippen molar-refractivity contribution in [1.29, 1.82) is 0 Å². The van der Waals surface area contributed by atoms with Crippen LogP contribution in [0.5, 0.6) is 0 Å². The van der Waals surface area contributed by atoms with Gasteiger partial charge in [0.2, 0.25) is 0 Å². The lowest BCUT2D eigenvalue weighted by molar-refractivity contribution is -0.927. The standard InChI is InChI=1S/C23H41NO6/c1-2-3-4-5-6-7-8-9-10-11-12-13-17-24(18-14-21(25)26,19-15-22(27)28)20-16-23(29)30/h6-7H,2-5,8-20H2,1H3,(H2-,25,26,27,28,29,30)/p+1/b7-6+. The van der Waals surface area contributed by atoms with Crippen molar-refractivity contribution in [3.05, 3.63) is 12.2 Å². The molecule has 0 spiro atoms. The van der Waals surface area contributed by atoms with Gasteiger partial charge in [0, 0.05) is 0 Å². The Morgan fingerprint density at radius 2 is 1.00 bits per heavy atom. The zero-order valence-corrected chi connectivity index (χ0v) is 18.7. The molecule has 0 saturated heterocycles. The molecule has 0 amide bonds. The number of allylic oxidation sites excluding steroid dienone is 2. The summed E-state index contributed by atoms with van der Waals surface area (Å²) < 4.78 is 0.255. The fraction of sp³-hybridized carbons (Fsp3) is 0.783. The highest BCUT2D eigenvalue weighted by Crippen LogP contribution is 2.16. The van der Waals surface area contributed by atoms with Crippen LogP contribution in [0.15, 0.2) is 12.2 Å². The summed E-state index contributed by atoms with van der Waals surface area (Å²) in [5, 5.41) is 27.2. The normalized spacial score (nSPS) is 11.8. The number of unbranched alkanes of at least 4 members (excludes halogenated alkanes) is 8. The summed E-state index contributed by atoms with van der Waals surface area (Å²) in [6.45, 7) is 3.67. The zero-order valence-electron chi connectivity index (χ0n) is 18.7. The molecule has 0 aliphatic rings. The molecule has 7 nitrogen and oxygen atoms in total. The fourth-order valence-corrected chi connectivity index (χ4v) is 3.66. The SMILES string of the molecule is CCCCC/C=C/CCCCCCC[N+](CCC(=O)O)(CCC(=O)O)CCC(=O)O. The second kappa shape index (κ2) is 17.9. The molecule has 7 heteroatoms. The number of hydrogen-bond donors (Lipinski definition) is 3. The number of carbonyl (C=O) groups is 3. The Bertz CT molecular complexity index is 472. The van der Waals surface area contributed by atoms with E-state index < -0.39 is 17.9 Å². The molecule has 0 aromatic carbocycles. The van der Waals surface area contributed by atoms with Crippen molar-refractivity contribution in [3.8, 4) is 0 Å². The summed E-state index contributed by atoms with van der Waals surface area (Å²) in [4.78, 5) is 33.1. The first-order chi connectivity index (χ1) is 14.3. The minimum Gasteiger partial charge on any atom is -0.481 e. The second-order valence-corrected chi connectivity index (χ2v) is 8.19. The Kier molecular flexibility index (Phi) is 16.8. The van der Waals surface area contributed by atoms with Crippen LogP contribution in [0.1, 0.15) is 90.4 Å². The molecule has 0 saturated carbocycles. The Morgan fingerprint density at radius 3 is 1.43 bits per heavy atom. The molecule has 174 valence electrons. The molecule has 0 bridgehead atoms. The van der Waals surface area contributed by atoms with Gasteiger partial charge in [0.15, 0.2) is 0 Å². The molecule has 0 fully saturated rings. The van der Waals surface area contributed by atoms with E-state index in [2.05, 4.69) is 19.1 Å². The summed E-state index contributed by atoms with van der Waals surface area (Å²) in [7, 11) is 0. The van der Waals surface area contributed by atoms with Gasteiger partial charge < -0.3 is 19.8 Å². The van der Waals surface area contributed by atoms with Crippen LogP contribution >= 0.6 is 0 Å². The van der Waals surface area contributed by atoms with Crippen LogP contribution in [-0.4, -0.2) is 63.9 Å². The lowest BCUT2D eigenvalue weighted by atomic mass is 10.1. The Labute approximate surface area is 181 Å². The predicted octanol–water partition coefficient (Wildman–Crippen LogP) is 4.70. The van der Waals surface area contributed by atoms with Gasteiger partial charge in [-0.15, -0.1) is 0 Å². The quantitative estimate of drug-likeness (QED) is 0.139. The molecule has 0 aromatic rings. The van der Waals surface area contributed by atoms with Crippen LogP contribution in [0.4, 0.5) is 0 Å². The largest absolute Gasteiger partial charge is 0.481 e. The minimum atomic E-state index is -0.939. The van der Waals surface area contributed by atoms with Crippen LogP contribution in [0.3, 0.4) is 0 Å². The molecule has 0 rings (SSSR count). The number of hydrogen-bond acceptors (Lipinski definition) is 3. The number of aliphatic carboxylic acids is 3. The summed E-state index contributed by atoms with van der Waals surface area (Å²) in [5.41, 5.74) is 0. The van der Waals surface area contributed by atoms with Crippen molar-refractivity contribution in [3.63, 3.8) is 0 Å². The van der Waals surface area contributed by atoms with Crippen molar-refractivity contribution in [1.82, 2.24) is 0 Å². The van der Waals surface area contributed by atoms with Gasteiger partial charge >= 0.3 is 17.9 Å². The van der Waals surface area contributed by atoms with E-state index in [1.807, 2.05) is 0 Å². The third kappa shape index (κ3) is 17.0. The van der Waals surface area contributed by atoms with Gasteiger partial charge in [0.05, 0.1) is 45.4 Å². The summed E-state index contributed by atoms with van der Waals surface area (Å²) in [6, 6.07) is 0. The Hall–Kier alpha value is -1.89. The van der Waals surface area contributed by atoms with Crippen LogP contribution in [0.2, 0.25) is 0 Å². The number of nitrogens with zero attached hydrogens (tertiary/aromatic N) is 1. The van der Waals surface area contributed by atoms with E-state index in [-0.39, 0.29) is 43.4 Å². The maximum absolute atomic E-state index is 11.0. The molecule has 0 aromatic heterocycles. The van der Waals surface area contributed by atoms with Gasteiger partial charge in [-0.25, -0.2) is 0 Å². The highest BCUT2D eigenvalue weighted by Gasteiger charge is 2.29. The van der Waals surface area contributed by atoms with Crippen molar-refractivity contribution < 1.29 is 34.2 Å². The molecule has 0 atom stereocenters. The van der Waals surface area contributed by atoms with Crippen LogP contribution in [0, 0.1) is 0 Å². The molecule has 0 heterocycles. The topological polar surface area (TPSA) is 112 Å². The number of quaternary nitrogens is 1. The molecular weight excluding hydrogens is 386 g/mol. The third-order valence-corrected chi connectivity index (χ3v) is 5.54. The van der Waals surface area contributed by atoms with Crippen LogP contribution in [0.25, 0.3) is 0 Å². The van der Waals surface area contributed by atoms with E-state index in [4.69, 9.17) is 15.3 Å². The minimum absolute atomic E-state index is 0.0795. The Balaban J connectivity index is 4.38. The first kappa shape index (κ1) is 28.1. The maximum atomic E-state index is 11.0. The molecule has 0 radical (unpaired) electrons. The number of carboxylic acid groups (broad SMARTS) is 3. The number of carboxylic acids is 3. The van der Waals surface area contributed by atoms with E-state index in [1.54, 1.807) is 0 Å². The van der Waals surface area contributed by atoms with Gasteiger partial charge in [-0.1, -0.05) is 44.8 Å². The molecule has 0 aliphatic heterocycles. The summed E-state index contributed by atoms with van der Waals surface area (Å²) in [5.74, 6) is -2.82. The van der Waals surface area contributed by atoms with Crippen LogP contribution in [-0.2, 0) is 14.4 Å². The van der Waals surface area contributed by atoms with Gasteiger partial charge in [-0.3, -0.25) is 14.4 Å². The lowest BCUT2D eigenvalue weighted by Crippen LogP contribution is -2.52. The first-order valence-corrected chi connectivity index (χ1v) is 11.5. The average molecular weight is 429 g/mol. The molecule has 0 aliphatic carbocycles. The predicted molar refractivity (Wildman–Crippen MR) is 117 cm³/mol. The highest BCUT2D eigenvalue weighted by atomic mass is 16.4. The van der Waals surface area contributed by atoms with Crippen LogP contribution < -0.4 is 0 Å². The fourth-order valence-electron chi connectivity index (χ4n) is 3.66. The van der Waals surface area contributed by atoms with Gasteiger partial charge in [0.25, 0.3) is 0 Å². The summed E-state index contributed by atoms with van der Waals surface area (Å²) >= 11 is 0. The van der Waals surface area contributed by atoms with Gasteiger partial charge in [0.1, 0.15) is 0 Å². The van der Waals surface area contributed by atoms with E-state index in [0.29, 0.717) is 6.54 Å².